The third kappa shape index (κ3) is 1.39. The van der Waals surface area contributed by atoms with Crippen LogP contribution in [-0.2, 0) is 5.41 Å². The van der Waals surface area contributed by atoms with Crippen molar-refractivity contribution in [1.82, 2.24) is 19.6 Å². The maximum absolute atomic E-state index is 12.1. The fraction of sp³-hybridized carbons (Fsp3) is 0.308. The van der Waals surface area contributed by atoms with Crippen molar-refractivity contribution in [2.75, 3.05) is 0 Å². The van der Waals surface area contributed by atoms with Crippen molar-refractivity contribution >= 4 is 28.3 Å². The number of halogens is 1. The van der Waals surface area contributed by atoms with Crippen LogP contribution in [0.2, 0.25) is 5.02 Å². The van der Waals surface area contributed by atoms with Crippen molar-refractivity contribution < 1.29 is 0 Å². The molecule has 5 nitrogen and oxygen atoms in total. The molecule has 19 heavy (non-hydrogen) atoms. The SMILES string of the molecule is CC1(c2nnc3c(=O)[nH]c4c(Cl)cccc4n23)CC1. The Bertz CT molecular complexity index is 875. The number of fused-ring (bicyclic) bond motifs is 3. The molecule has 1 N–H and O–H groups in total. The highest BCUT2D eigenvalue weighted by Gasteiger charge is 2.43. The van der Waals surface area contributed by atoms with Crippen LogP contribution < -0.4 is 5.56 Å². The smallest absolute Gasteiger partial charge is 0.294 e. The van der Waals surface area contributed by atoms with Crippen LogP contribution in [0.25, 0.3) is 16.7 Å². The number of benzene rings is 1. The Hall–Kier alpha value is -1.88. The second-order valence-corrected chi connectivity index (χ2v) is 5.74. The predicted molar refractivity (Wildman–Crippen MR) is 72.7 cm³/mol. The van der Waals surface area contributed by atoms with Gasteiger partial charge in [0.15, 0.2) is 0 Å². The van der Waals surface area contributed by atoms with E-state index in [4.69, 9.17) is 11.6 Å². The van der Waals surface area contributed by atoms with Gasteiger partial charge in [-0.2, -0.15) is 0 Å². The summed E-state index contributed by atoms with van der Waals surface area (Å²) < 4.78 is 1.84. The molecule has 96 valence electrons. The van der Waals surface area contributed by atoms with Gasteiger partial charge in [0.1, 0.15) is 5.82 Å². The Kier molecular flexibility index (Phi) is 1.94. The van der Waals surface area contributed by atoms with Crippen LogP contribution >= 0.6 is 11.6 Å². The molecule has 2 aromatic heterocycles. The van der Waals surface area contributed by atoms with Crippen molar-refractivity contribution in [1.29, 1.82) is 0 Å². The highest BCUT2D eigenvalue weighted by atomic mass is 35.5. The number of nitrogens with one attached hydrogen (secondary N) is 1. The van der Waals surface area contributed by atoms with Crippen molar-refractivity contribution in [3.05, 3.63) is 39.4 Å². The number of rotatable bonds is 1. The van der Waals surface area contributed by atoms with Gasteiger partial charge in [-0.25, -0.2) is 0 Å². The fourth-order valence-corrected chi connectivity index (χ4v) is 2.67. The highest BCUT2D eigenvalue weighted by molar-refractivity contribution is 6.34. The quantitative estimate of drug-likeness (QED) is 0.740. The minimum Gasteiger partial charge on any atom is -0.316 e. The number of H-pyrrole nitrogens is 1. The summed E-state index contributed by atoms with van der Waals surface area (Å²) in [6, 6.07) is 5.54. The monoisotopic (exact) mass is 274 g/mol. The summed E-state index contributed by atoms with van der Waals surface area (Å²) in [7, 11) is 0. The maximum atomic E-state index is 12.1. The Morgan fingerprint density at radius 2 is 2.16 bits per heavy atom. The third-order valence-corrected chi connectivity index (χ3v) is 4.19. The molecule has 1 fully saturated rings. The molecule has 0 spiro atoms. The molecule has 1 aliphatic rings. The summed E-state index contributed by atoms with van der Waals surface area (Å²) in [5.41, 5.74) is 1.58. The van der Waals surface area contributed by atoms with E-state index in [0.717, 1.165) is 24.2 Å². The number of aromatic amines is 1. The molecule has 0 unspecified atom stereocenters. The van der Waals surface area contributed by atoms with Crippen LogP contribution in [0, 0.1) is 0 Å². The third-order valence-electron chi connectivity index (χ3n) is 3.88. The Morgan fingerprint density at radius 1 is 1.37 bits per heavy atom. The van der Waals surface area contributed by atoms with Crippen LogP contribution in [-0.4, -0.2) is 19.6 Å². The van der Waals surface area contributed by atoms with E-state index in [2.05, 4.69) is 22.1 Å². The molecule has 0 saturated heterocycles. The average molecular weight is 275 g/mol. The van der Waals surface area contributed by atoms with E-state index in [1.807, 2.05) is 16.5 Å². The number of hydrogen-bond acceptors (Lipinski definition) is 3. The zero-order valence-corrected chi connectivity index (χ0v) is 11.0. The van der Waals surface area contributed by atoms with E-state index in [0.29, 0.717) is 16.2 Å². The van der Waals surface area contributed by atoms with Crippen LogP contribution in [0.4, 0.5) is 0 Å². The summed E-state index contributed by atoms with van der Waals surface area (Å²) >= 11 is 6.15. The molecule has 1 aromatic carbocycles. The van der Waals surface area contributed by atoms with Crippen LogP contribution in [0.1, 0.15) is 25.6 Å². The van der Waals surface area contributed by atoms with E-state index in [1.165, 1.54) is 0 Å². The molecule has 1 saturated carbocycles. The number of hydrogen-bond donors (Lipinski definition) is 1. The lowest BCUT2D eigenvalue weighted by Gasteiger charge is -2.09. The molecule has 0 atom stereocenters. The summed E-state index contributed by atoms with van der Waals surface area (Å²) in [4.78, 5) is 14.8. The number of para-hydroxylation sites is 1. The lowest BCUT2D eigenvalue weighted by Crippen LogP contribution is -2.14. The lowest BCUT2D eigenvalue weighted by molar-refractivity contribution is 0.701. The summed E-state index contributed by atoms with van der Waals surface area (Å²) in [5, 5.41) is 8.78. The van der Waals surface area contributed by atoms with Gasteiger partial charge in [0.2, 0.25) is 5.65 Å². The van der Waals surface area contributed by atoms with E-state index in [9.17, 15) is 4.79 Å². The molecule has 0 bridgehead atoms. The van der Waals surface area contributed by atoms with Crippen molar-refractivity contribution in [2.45, 2.75) is 25.2 Å². The second-order valence-electron chi connectivity index (χ2n) is 5.33. The van der Waals surface area contributed by atoms with Crippen LogP contribution in [0.5, 0.6) is 0 Å². The largest absolute Gasteiger partial charge is 0.316 e. The molecule has 2 heterocycles. The minimum absolute atomic E-state index is 0.0302. The van der Waals surface area contributed by atoms with Gasteiger partial charge in [-0.1, -0.05) is 24.6 Å². The van der Waals surface area contributed by atoms with E-state index < -0.39 is 0 Å². The van der Waals surface area contributed by atoms with Crippen molar-refractivity contribution in [2.24, 2.45) is 0 Å². The van der Waals surface area contributed by atoms with Gasteiger partial charge in [0.05, 0.1) is 16.1 Å². The average Bonchev–Trinajstić information content (AvgIpc) is 2.97. The zero-order valence-electron chi connectivity index (χ0n) is 10.3. The molecule has 0 aliphatic heterocycles. The van der Waals surface area contributed by atoms with Gasteiger partial charge in [0.25, 0.3) is 5.56 Å². The van der Waals surface area contributed by atoms with Gasteiger partial charge >= 0.3 is 0 Å². The molecule has 4 rings (SSSR count). The summed E-state index contributed by atoms with van der Waals surface area (Å²) in [6.45, 7) is 2.14. The number of nitrogens with zero attached hydrogens (tertiary/aromatic N) is 3. The van der Waals surface area contributed by atoms with Gasteiger partial charge in [0, 0.05) is 5.41 Å². The molecule has 0 amide bonds. The molecular formula is C13H11ClN4O. The molecule has 3 aromatic rings. The highest BCUT2D eigenvalue weighted by Crippen LogP contribution is 2.46. The number of aromatic nitrogens is 4. The Balaban J connectivity index is 2.27. The molecule has 0 radical (unpaired) electrons. The van der Waals surface area contributed by atoms with Gasteiger partial charge in [-0.15, -0.1) is 10.2 Å². The molecule has 1 aliphatic carbocycles. The van der Waals surface area contributed by atoms with Crippen LogP contribution in [0.3, 0.4) is 0 Å². The summed E-state index contributed by atoms with van der Waals surface area (Å²) in [6.07, 6.45) is 2.14. The van der Waals surface area contributed by atoms with Gasteiger partial charge < -0.3 is 4.98 Å². The maximum Gasteiger partial charge on any atom is 0.294 e. The molecular weight excluding hydrogens is 264 g/mol. The predicted octanol–water partition coefficient (Wildman–Crippen LogP) is 2.28. The van der Waals surface area contributed by atoms with E-state index >= 15 is 0 Å². The van der Waals surface area contributed by atoms with Crippen molar-refractivity contribution in [3.63, 3.8) is 0 Å². The van der Waals surface area contributed by atoms with E-state index in [1.54, 1.807) is 6.07 Å². The topological polar surface area (TPSA) is 63.0 Å². The standard InChI is InChI=1S/C13H11ClN4O/c1-13(5-6-13)12-17-16-10-11(19)15-9-7(14)3-2-4-8(9)18(10)12/h2-4H,5-6H2,1H3,(H,15,19). The molecule has 6 heteroatoms. The van der Waals surface area contributed by atoms with Crippen molar-refractivity contribution in [3.8, 4) is 0 Å². The first-order valence-electron chi connectivity index (χ1n) is 6.16. The Morgan fingerprint density at radius 3 is 2.89 bits per heavy atom. The van der Waals surface area contributed by atoms with Crippen LogP contribution in [0.15, 0.2) is 23.0 Å². The summed E-state index contributed by atoms with van der Waals surface area (Å²) in [5.74, 6) is 0.848. The zero-order chi connectivity index (χ0) is 13.2. The van der Waals surface area contributed by atoms with Gasteiger partial charge in [-0.3, -0.25) is 9.20 Å². The lowest BCUT2D eigenvalue weighted by atomic mass is 10.1. The first kappa shape index (κ1) is 11.0. The van der Waals surface area contributed by atoms with E-state index in [-0.39, 0.29) is 11.0 Å². The minimum atomic E-state index is -0.261. The first-order chi connectivity index (χ1) is 9.10. The fourth-order valence-electron chi connectivity index (χ4n) is 2.45. The Labute approximate surface area is 113 Å². The first-order valence-corrected chi connectivity index (χ1v) is 6.54. The van der Waals surface area contributed by atoms with Gasteiger partial charge in [-0.05, 0) is 25.0 Å². The normalized spacial score (nSPS) is 17.2. The second kappa shape index (κ2) is 3.36.